The van der Waals surface area contributed by atoms with Gasteiger partial charge in [0.15, 0.2) is 0 Å². The molecule has 3 nitrogen and oxygen atoms in total. The van der Waals surface area contributed by atoms with E-state index in [4.69, 9.17) is 15.3 Å². The molecule has 0 aromatic heterocycles. The van der Waals surface area contributed by atoms with Crippen LogP contribution in [0.4, 0.5) is 13.2 Å². The van der Waals surface area contributed by atoms with Crippen LogP contribution in [-0.2, 0) is 6.18 Å². The molecule has 0 fully saturated rings. The van der Waals surface area contributed by atoms with Gasteiger partial charge in [-0.2, -0.15) is 23.7 Å². The zero-order valence-corrected chi connectivity index (χ0v) is 16.1. The molecule has 0 aliphatic heterocycles. The highest BCUT2D eigenvalue weighted by Gasteiger charge is 2.34. The third-order valence-electron chi connectivity index (χ3n) is 4.48. The van der Waals surface area contributed by atoms with Crippen molar-refractivity contribution >= 4 is 11.6 Å². The lowest BCUT2D eigenvalue weighted by molar-refractivity contribution is -0.137. The van der Waals surface area contributed by atoms with Crippen LogP contribution >= 0.6 is 0 Å². The standard InChI is InChI=1S/C25H15F3N2O/c1-17(21-7-8-22(16-30)24(14-21)25(26,27)28)20-4-2-3-18(13-20)11-12-31-23-9-5-19(15-29)6-10-23/h2-14H,1H2/b12-11+. The number of benzene rings is 3. The molecule has 0 bridgehead atoms. The lowest BCUT2D eigenvalue weighted by Crippen LogP contribution is -2.08. The number of nitriles is 2. The van der Waals surface area contributed by atoms with Crippen molar-refractivity contribution in [2.75, 3.05) is 0 Å². The fraction of sp³-hybridized carbons (Fsp3) is 0.0400. The molecule has 3 aromatic rings. The Morgan fingerprint density at radius 1 is 0.903 bits per heavy atom. The van der Waals surface area contributed by atoms with Gasteiger partial charge in [0, 0.05) is 0 Å². The summed E-state index contributed by atoms with van der Waals surface area (Å²) >= 11 is 0. The Kier molecular flexibility index (Phi) is 6.23. The van der Waals surface area contributed by atoms with Crippen LogP contribution in [-0.4, -0.2) is 0 Å². The number of hydrogen-bond acceptors (Lipinski definition) is 3. The van der Waals surface area contributed by atoms with Gasteiger partial charge in [0.25, 0.3) is 0 Å². The Morgan fingerprint density at radius 2 is 1.61 bits per heavy atom. The second-order valence-corrected chi connectivity index (χ2v) is 6.53. The highest BCUT2D eigenvalue weighted by molar-refractivity contribution is 5.79. The molecule has 6 heteroatoms. The number of hydrogen-bond donors (Lipinski definition) is 0. The Bertz CT molecular complexity index is 1230. The van der Waals surface area contributed by atoms with Gasteiger partial charge in [-0.3, -0.25) is 0 Å². The number of halogens is 3. The summed E-state index contributed by atoms with van der Waals surface area (Å²) in [5, 5.41) is 17.8. The van der Waals surface area contributed by atoms with E-state index in [9.17, 15) is 13.2 Å². The number of rotatable bonds is 5. The Labute approximate surface area is 177 Å². The van der Waals surface area contributed by atoms with Gasteiger partial charge in [0.1, 0.15) is 5.75 Å². The van der Waals surface area contributed by atoms with Gasteiger partial charge >= 0.3 is 6.18 Å². The fourth-order valence-corrected chi connectivity index (χ4v) is 2.86. The molecule has 152 valence electrons. The number of nitrogens with zero attached hydrogens (tertiary/aromatic N) is 2. The van der Waals surface area contributed by atoms with Crippen molar-refractivity contribution in [1.29, 1.82) is 10.5 Å². The first-order valence-electron chi connectivity index (χ1n) is 9.06. The van der Waals surface area contributed by atoms with E-state index in [0.29, 0.717) is 22.4 Å². The summed E-state index contributed by atoms with van der Waals surface area (Å²) in [6, 6.07) is 20.8. The topological polar surface area (TPSA) is 56.8 Å². The van der Waals surface area contributed by atoms with Crippen LogP contribution in [0.15, 0.2) is 79.6 Å². The minimum atomic E-state index is -4.63. The SMILES string of the molecule is C=C(c1cccc(/C=C/Oc2ccc(C#N)cc2)c1)c1ccc(C#N)c(C(F)(F)F)c1. The lowest BCUT2D eigenvalue weighted by atomic mass is 9.94. The molecule has 3 rings (SSSR count). The lowest BCUT2D eigenvalue weighted by Gasteiger charge is -2.13. The van der Waals surface area contributed by atoms with Crippen molar-refractivity contribution < 1.29 is 17.9 Å². The number of ether oxygens (including phenoxy) is 1. The predicted octanol–water partition coefficient (Wildman–Crippen LogP) is 6.56. The van der Waals surface area contributed by atoms with Gasteiger partial charge in [-0.25, -0.2) is 0 Å². The van der Waals surface area contributed by atoms with Crippen LogP contribution in [0.2, 0.25) is 0 Å². The molecule has 0 spiro atoms. The van der Waals surface area contributed by atoms with E-state index in [2.05, 4.69) is 6.58 Å². The second kappa shape index (κ2) is 9.02. The highest BCUT2D eigenvalue weighted by atomic mass is 19.4. The van der Waals surface area contributed by atoms with Crippen molar-refractivity contribution in [3.8, 4) is 17.9 Å². The van der Waals surface area contributed by atoms with Crippen LogP contribution in [0.5, 0.6) is 5.75 Å². The van der Waals surface area contributed by atoms with E-state index < -0.39 is 17.3 Å². The molecule has 0 aliphatic carbocycles. The summed E-state index contributed by atoms with van der Waals surface area (Å²) in [5.41, 5.74) is 1.19. The maximum atomic E-state index is 13.2. The third kappa shape index (κ3) is 5.20. The van der Waals surface area contributed by atoms with Gasteiger partial charge in [0.2, 0.25) is 0 Å². The van der Waals surface area contributed by atoms with E-state index in [1.165, 1.54) is 12.3 Å². The predicted molar refractivity (Wildman–Crippen MR) is 112 cm³/mol. The molecular weight excluding hydrogens is 401 g/mol. The van der Waals surface area contributed by atoms with E-state index in [0.717, 1.165) is 17.7 Å². The monoisotopic (exact) mass is 416 g/mol. The molecule has 0 N–H and O–H groups in total. The van der Waals surface area contributed by atoms with Gasteiger partial charge < -0.3 is 4.74 Å². The molecular formula is C25H15F3N2O. The van der Waals surface area contributed by atoms with Crippen molar-refractivity contribution in [3.05, 3.63) is 113 Å². The Hall–Kier alpha value is -4.29. The second-order valence-electron chi connectivity index (χ2n) is 6.53. The summed E-state index contributed by atoms with van der Waals surface area (Å²) < 4.78 is 45.2. The molecule has 0 aliphatic rings. The molecule has 0 amide bonds. The van der Waals surface area contributed by atoms with E-state index in [1.807, 2.05) is 12.1 Å². The first kappa shape index (κ1) is 21.4. The zero-order valence-electron chi connectivity index (χ0n) is 16.1. The summed E-state index contributed by atoms with van der Waals surface area (Å²) in [4.78, 5) is 0. The maximum Gasteiger partial charge on any atom is 0.417 e. The molecule has 31 heavy (non-hydrogen) atoms. The Balaban J connectivity index is 1.80. The fourth-order valence-electron chi connectivity index (χ4n) is 2.86. The van der Waals surface area contributed by atoms with Crippen LogP contribution in [0.25, 0.3) is 11.6 Å². The average Bonchev–Trinajstić information content (AvgIpc) is 2.78. The van der Waals surface area contributed by atoms with Crippen molar-refractivity contribution in [2.45, 2.75) is 6.18 Å². The smallest absolute Gasteiger partial charge is 0.417 e. The first-order valence-corrected chi connectivity index (χ1v) is 9.06. The van der Waals surface area contributed by atoms with Crippen LogP contribution in [0, 0.1) is 22.7 Å². The zero-order chi connectivity index (χ0) is 22.4. The maximum absolute atomic E-state index is 13.2. The molecule has 0 saturated heterocycles. The molecule has 0 saturated carbocycles. The van der Waals surface area contributed by atoms with Gasteiger partial charge in [-0.05, 0) is 70.8 Å². The number of alkyl halides is 3. The van der Waals surface area contributed by atoms with Crippen LogP contribution < -0.4 is 4.74 Å². The van der Waals surface area contributed by atoms with Crippen molar-refractivity contribution in [1.82, 2.24) is 0 Å². The summed E-state index contributed by atoms with van der Waals surface area (Å²) in [5.74, 6) is 0.563. The minimum Gasteiger partial charge on any atom is -0.465 e. The third-order valence-corrected chi connectivity index (χ3v) is 4.48. The highest BCUT2D eigenvalue weighted by Crippen LogP contribution is 2.34. The quantitative estimate of drug-likeness (QED) is 0.443. The van der Waals surface area contributed by atoms with E-state index in [-0.39, 0.29) is 5.56 Å². The minimum absolute atomic E-state index is 0.279. The molecule has 0 atom stereocenters. The first-order chi connectivity index (χ1) is 14.8. The van der Waals surface area contributed by atoms with Gasteiger partial charge in [-0.1, -0.05) is 30.8 Å². The molecule has 0 unspecified atom stereocenters. The summed E-state index contributed by atoms with van der Waals surface area (Å²) in [7, 11) is 0. The molecule has 0 radical (unpaired) electrons. The van der Waals surface area contributed by atoms with Gasteiger partial charge in [-0.15, -0.1) is 0 Å². The van der Waals surface area contributed by atoms with Crippen molar-refractivity contribution in [3.63, 3.8) is 0 Å². The largest absolute Gasteiger partial charge is 0.465 e. The normalized spacial score (nSPS) is 11.0. The molecule has 0 heterocycles. The van der Waals surface area contributed by atoms with Crippen LogP contribution in [0.3, 0.4) is 0 Å². The summed E-state index contributed by atoms with van der Waals surface area (Å²) in [6.07, 6.45) is -1.45. The van der Waals surface area contributed by atoms with Crippen molar-refractivity contribution in [2.24, 2.45) is 0 Å². The molecule has 3 aromatic carbocycles. The van der Waals surface area contributed by atoms with Crippen LogP contribution in [0.1, 0.15) is 33.4 Å². The van der Waals surface area contributed by atoms with E-state index >= 15 is 0 Å². The average molecular weight is 416 g/mol. The van der Waals surface area contributed by atoms with E-state index in [1.54, 1.807) is 54.6 Å². The summed E-state index contributed by atoms with van der Waals surface area (Å²) in [6.45, 7) is 3.93. The Morgan fingerprint density at radius 3 is 2.26 bits per heavy atom. The van der Waals surface area contributed by atoms with Gasteiger partial charge in [0.05, 0.1) is 35.1 Å².